The molecule has 18 nitrogen and oxygen atoms in total. The van der Waals surface area contributed by atoms with Crippen molar-refractivity contribution in [1.29, 1.82) is 0 Å². The number of carbonyl (C=O) groups excluding carboxylic acids is 4. The molecule has 38 heteroatoms. The first-order chi connectivity index (χ1) is 56.3. The number of carbonyl (C=O) groups is 4. The molecule has 8 aromatic heterocycles. The monoisotopic (exact) mass is 1750 g/mol. The summed E-state index contributed by atoms with van der Waals surface area (Å²) in [6, 6.07) is 38.7. The predicted molar refractivity (Wildman–Crippen MR) is 419 cm³/mol. The van der Waals surface area contributed by atoms with Gasteiger partial charge in [0.15, 0.2) is 6.61 Å². The van der Waals surface area contributed by atoms with Gasteiger partial charge in [-0.1, -0.05) is 53.3 Å². The first-order valence-electron chi connectivity index (χ1n) is 34.8. The van der Waals surface area contributed by atoms with Crippen LogP contribution in [-0.4, -0.2) is 82.9 Å². The van der Waals surface area contributed by atoms with Gasteiger partial charge in [0.25, 0.3) is 23.6 Å². The molecule has 0 spiro atoms. The third-order valence-corrected chi connectivity index (χ3v) is 17.9. The molecule has 12 rings (SSSR count). The van der Waals surface area contributed by atoms with Gasteiger partial charge in [-0.3, -0.25) is 39.1 Å². The second-order valence-electron chi connectivity index (χ2n) is 25.3. The van der Waals surface area contributed by atoms with Crippen LogP contribution in [0.1, 0.15) is 106 Å². The zero-order valence-corrected chi connectivity index (χ0v) is 65.7. The number of hydrogen-bond acceptors (Lipinski definition) is 14. The lowest BCUT2D eigenvalue weighted by Gasteiger charge is -2.12. The fourth-order valence-electron chi connectivity index (χ4n) is 10.8. The largest absolute Gasteiger partial charge is 0.492 e. The highest BCUT2D eigenvalue weighted by atomic mass is 35.5. The molecule has 0 aliphatic heterocycles. The van der Waals surface area contributed by atoms with Crippen LogP contribution in [0.25, 0.3) is 45.0 Å². The standard InChI is InChI=1S/C21H14ClF6N3O2.C21H17ClF3N3O2.C21H17ClF3N3O.C19H12ClF4N3O/c1-11-14(4-7-18(30-11)21(26,27)28)19(32)31-12-2-5-16(22)15(8-12)17-6-3-13(9-29-17)33-10-20(23,24)25;1-3-30-14-5-8-18(26-11-14)16-10-13(4-7-17(16)22)28-20(29)15-6-9-19(21(23,24)25)27-12(15)2;1-3-13-8-9-26-18(10-13)16-11-14(4-6-17(16)22)28-20(29)15-5-7-19(21(23,24)25)27-12(15)2;1-10-13(4-7-17(26-10)19(22,23)24)18(28)27-12-3-5-15(20)14(8-12)16-6-2-11(21)9-25-16/h2-9H,10H2,1H3,(H,31,32);4-11H,3H2,1-2H3,(H,28,29);4-11H,3H2,1-2H3,(H,28,29);2-9H,1H3,(H,27,28). The van der Waals surface area contributed by atoms with E-state index in [0.717, 1.165) is 66.8 Å². The number of rotatable bonds is 17. The Morgan fingerprint density at radius 1 is 0.350 bits per heavy atom. The van der Waals surface area contributed by atoms with Crippen LogP contribution in [0.4, 0.5) is 93.0 Å². The van der Waals surface area contributed by atoms with E-state index in [1.165, 1.54) is 88.4 Å². The lowest BCUT2D eigenvalue weighted by atomic mass is 10.1. The van der Waals surface area contributed by atoms with Crippen molar-refractivity contribution in [3.8, 4) is 56.5 Å². The van der Waals surface area contributed by atoms with E-state index in [4.69, 9.17) is 51.1 Å². The molecular weight excluding hydrogens is 1690 g/mol. The molecule has 0 saturated carbocycles. The number of aromatic nitrogens is 8. The minimum atomic E-state index is -4.63. The molecule has 120 heavy (non-hydrogen) atoms. The molecular formula is C82H60Cl4F16N12O6. The van der Waals surface area contributed by atoms with Crippen molar-refractivity contribution in [2.24, 2.45) is 0 Å². The van der Waals surface area contributed by atoms with Crippen molar-refractivity contribution < 1.29 is 98.9 Å². The van der Waals surface area contributed by atoms with Gasteiger partial charge in [-0.15, -0.1) is 0 Å². The first-order valence-corrected chi connectivity index (χ1v) is 36.3. The molecule has 12 aromatic rings. The molecule has 8 heterocycles. The number of aryl methyl sites for hydroxylation is 5. The smallest absolute Gasteiger partial charge is 0.433 e. The van der Waals surface area contributed by atoms with Gasteiger partial charge < -0.3 is 30.7 Å². The number of halogens is 20. The first kappa shape index (κ1) is 91.5. The zero-order valence-electron chi connectivity index (χ0n) is 62.7. The van der Waals surface area contributed by atoms with Gasteiger partial charge in [-0.25, -0.2) is 24.3 Å². The maximum atomic E-state index is 13.1. The van der Waals surface area contributed by atoms with E-state index in [2.05, 4.69) is 65.9 Å². The van der Waals surface area contributed by atoms with Gasteiger partial charge in [-0.2, -0.15) is 65.9 Å². The SMILES string of the molecule is CCOc1ccc(-c2cc(NC(=O)c3ccc(C(F)(F)F)nc3C)ccc2Cl)nc1.CCc1ccnc(-c2cc(NC(=O)c3ccc(C(F)(F)F)nc3C)ccc2Cl)c1.Cc1nc(C(F)(F)F)ccc1C(=O)Nc1ccc(Cl)c(-c2ccc(F)cn2)c1.Cc1nc(C(F)(F)F)ccc1C(=O)Nc1ccc(Cl)c(-c2ccc(OCC(F)(F)F)cn2)c1. The molecule has 4 amide bonds. The minimum Gasteiger partial charge on any atom is -0.492 e. The summed E-state index contributed by atoms with van der Waals surface area (Å²) >= 11 is 24.9. The van der Waals surface area contributed by atoms with E-state index in [-0.39, 0.29) is 61.5 Å². The molecule has 0 bridgehead atoms. The highest BCUT2D eigenvalue weighted by Crippen LogP contribution is 2.38. The topological polar surface area (TPSA) is 238 Å². The maximum absolute atomic E-state index is 13.1. The Balaban J connectivity index is 0.000000182. The number of amides is 4. The van der Waals surface area contributed by atoms with Crippen LogP contribution in [0.5, 0.6) is 11.5 Å². The summed E-state index contributed by atoms with van der Waals surface area (Å²) in [7, 11) is 0. The highest BCUT2D eigenvalue weighted by Gasteiger charge is 2.37. The Kier molecular flexibility index (Phi) is 29.7. The molecule has 0 unspecified atom stereocenters. The molecule has 0 aliphatic rings. The van der Waals surface area contributed by atoms with E-state index < -0.39 is 89.7 Å². The number of nitrogens with one attached hydrogen (secondary N) is 4. The maximum Gasteiger partial charge on any atom is 0.433 e. The van der Waals surface area contributed by atoms with Gasteiger partial charge in [0.05, 0.1) is 113 Å². The number of pyridine rings is 8. The summed E-state index contributed by atoms with van der Waals surface area (Å²) < 4.78 is 213. The summed E-state index contributed by atoms with van der Waals surface area (Å²) in [6.07, 6.45) is -16.6. The van der Waals surface area contributed by atoms with Crippen LogP contribution in [-0.2, 0) is 31.1 Å². The van der Waals surface area contributed by atoms with Gasteiger partial charge in [0, 0.05) is 51.2 Å². The zero-order chi connectivity index (χ0) is 87.9. The second-order valence-corrected chi connectivity index (χ2v) is 26.9. The lowest BCUT2D eigenvalue weighted by molar-refractivity contribution is -0.153. The summed E-state index contributed by atoms with van der Waals surface area (Å²) in [5.41, 5.74) is 2.11. The van der Waals surface area contributed by atoms with Crippen LogP contribution in [0.2, 0.25) is 20.1 Å². The number of benzene rings is 4. The predicted octanol–water partition coefficient (Wildman–Crippen LogP) is 23.5. The molecule has 624 valence electrons. The molecule has 4 N–H and O–H groups in total. The highest BCUT2D eigenvalue weighted by molar-refractivity contribution is 6.35. The normalized spacial score (nSPS) is 11.5. The Morgan fingerprint density at radius 3 is 0.908 bits per heavy atom. The fourth-order valence-corrected chi connectivity index (χ4v) is 11.6. The second kappa shape index (κ2) is 39.0. The Hall–Kier alpha value is -12.4. The quantitative estimate of drug-likeness (QED) is 0.0621. The van der Waals surface area contributed by atoms with Crippen LogP contribution in [0.3, 0.4) is 0 Å². The van der Waals surface area contributed by atoms with Gasteiger partial charge >= 0.3 is 30.9 Å². The number of ether oxygens (including phenoxy) is 2. The van der Waals surface area contributed by atoms with E-state index in [9.17, 15) is 89.4 Å². The molecule has 0 aliphatic carbocycles. The fraction of sp³-hybridized carbons (Fsp3) is 0.171. The van der Waals surface area contributed by atoms with Crippen molar-refractivity contribution in [2.75, 3.05) is 34.5 Å². The molecule has 0 saturated heterocycles. The number of nitrogens with zero attached hydrogens (tertiary/aromatic N) is 8. The van der Waals surface area contributed by atoms with Crippen LogP contribution < -0.4 is 30.7 Å². The average molecular weight is 1760 g/mol. The molecule has 4 aromatic carbocycles. The van der Waals surface area contributed by atoms with Crippen LogP contribution in [0, 0.1) is 33.5 Å². The number of alkyl halides is 15. The average Bonchev–Trinajstić information content (AvgIpc) is 0.818. The number of hydrogen-bond donors (Lipinski definition) is 4. The minimum absolute atomic E-state index is 0.00408. The molecule has 0 atom stereocenters. The summed E-state index contributed by atoms with van der Waals surface area (Å²) in [6.45, 7) is 8.25. The summed E-state index contributed by atoms with van der Waals surface area (Å²) in [5.74, 6) is -2.44. The van der Waals surface area contributed by atoms with Crippen molar-refractivity contribution in [3.63, 3.8) is 0 Å². The van der Waals surface area contributed by atoms with Crippen molar-refractivity contribution in [1.82, 2.24) is 39.9 Å². The number of anilines is 4. The Bertz CT molecular complexity index is 5730. The van der Waals surface area contributed by atoms with Crippen molar-refractivity contribution in [3.05, 3.63) is 294 Å². The molecule has 0 fully saturated rings. The Morgan fingerprint density at radius 2 is 0.650 bits per heavy atom. The third-order valence-electron chi connectivity index (χ3n) is 16.6. The van der Waals surface area contributed by atoms with E-state index in [1.807, 2.05) is 26.0 Å². The van der Waals surface area contributed by atoms with Gasteiger partial charge in [0.2, 0.25) is 0 Å². The summed E-state index contributed by atoms with van der Waals surface area (Å²) in [4.78, 5) is 80.5. The molecule has 0 radical (unpaired) electrons. The summed E-state index contributed by atoms with van der Waals surface area (Å²) in [5, 5.41) is 11.9. The van der Waals surface area contributed by atoms with Gasteiger partial charge in [-0.05, 0) is 216 Å². The van der Waals surface area contributed by atoms with Crippen LogP contribution in [0.15, 0.2) is 195 Å². The van der Waals surface area contributed by atoms with E-state index in [0.29, 0.717) is 95.6 Å². The van der Waals surface area contributed by atoms with Crippen molar-refractivity contribution in [2.45, 2.75) is 78.8 Å². The van der Waals surface area contributed by atoms with E-state index in [1.54, 1.807) is 60.9 Å². The van der Waals surface area contributed by atoms with E-state index >= 15 is 0 Å². The lowest BCUT2D eigenvalue weighted by Crippen LogP contribution is -2.19. The van der Waals surface area contributed by atoms with Crippen LogP contribution >= 0.6 is 46.4 Å². The Labute approximate surface area is 691 Å². The third kappa shape index (κ3) is 25.1. The van der Waals surface area contributed by atoms with Gasteiger partial charge in [0.1, 0.15) is 40.1 Å². The van der Waals surface area contributed by atoms with Crippen molar-refractivity contribution >= 4 is 92.8 Å².